The third-order valence-electron chi connectivity index (χ3n) is 3.88. The minimum atomic E-state index is -2.65. The molecule has 3 rings (SSSR count). The van der Waals surface area contributed by atoms with Crippen LogP contribution in [0, 0.1) is 0 Å². The van der Waals surface area contributed by atoms with Crippen LogP contribution in [-0.4, -0.2) is 59.1 Å². The third-order valence-corrected chi connectivity index (χ3v) is 3.88. The van der Waals surface area contributed by atoms with Gasteiger partial charge in [0.05, 0.1) is 25.5 Å². The number of carbonyl (C=O) groups excluding carboxylic acids is 1. The van der Waals surface area contributed by atoms with Crippen molar-refractivity contribution in [3.63, 3.8) is 0 Å². The van der Waals surface area contributed by atoms with Crippen LogP contribution in [0.5, 0.6) is 17.6 Å². The summed E-state index contributed by atoms with van der Waals surface area (Å²) in [6, 6.07) is 9.37. The van der Waals surface area contributed by atoms with Crippen molar-refractivity contribution < 1.29 is 27.8 Å². The van der Waals surface area contributed by atoms with E-state index in [1.165, 1.54) is 18.0 Å². The van der Waals surface area contributed by atoms with Gasteiger partial charge in [0.2, 0.25) is 5.88 Å². The molecular formula is C19H20F2N6O4. The number of hydrogen-bond donors (Lipinski definition) is 2. The van der Waals surface area contributed by atoms with Crippen LogP contribution in [0.4, 0.5) is 13.6 Å². The molecule has 12 heteroatoms. The van der Waals surface area contributed by atoms with Gasteiger partial charge in [-0.15, -0.1) is 5.10 Å². The number of halogens is 2. The van der Waals surface area contributed by atoms with Crippen LogP contribution in [0.15, 0.2) is 42.6 Å². The van der Waals surface area contributed by atoms with Crippen LogP contribution in [0.3, 0.4) is 0 Å². The number of benzene rings is 1. The number of amides is 2. The molecule has 0 atom stereocenters. The Kier molecular flexibility index (Phi) is 7.14. The normalized spacial score (nSPS) is 10.7. The number of aromatic nitrogens is 4. The fourth-order valence-corrected chi connectivity index (χ4v) is 2.52. The van der Waals surface area contributed by atoms with Crippen molar-refractivity contribution in [2.45, 2.75) is 6.43 Å². The standard InChI is InChI=1S/C19H20F2N6O4/c1-29-16-7-4-13(10-24-16)27-17(25-19(26-27)31-11-15(20)21)12-2-5-14(6-3-12)30-9-8-23-18(22)28/h2-7,10,15H,8-9,11H2,1H3,(H3,22,23,28). The maximum absolute atomic E-state index is 12.5. The molecule has 1 aromatic carbocycles. The number of nitrogens with one attached hydrogen (secondary N) is 1. The fourth-order valence-electron chi connectivity index (χ4n) is 2.52. The first-order chi connectivity index (χ1) is 15.0. The number of hydrogen-bond acceptors (Lipinski definition) is 7. The molecule has 0 unspecified atom stereocenters. The van der Waals surface area contributed by atoms with Crippen molar-refractivity contribution >= 4 is 6.03 Å². The van der Waals surface area contributed by atoms with Crippen LogP contribution in [0.25, 0.3) is 17.1 Å². The molecule has 0 radical (unpaired) electrons. The summed E-state index contributed by atoms with van der Waals surface area (Å²) < 4.78 is 42.0. The largest absolute Gasteiger partial charge is 0.492 e. The van der Waals surface area contributed by atoms with Gasteiger partial charge in [0, 0.05) is 11.6 Å². The molecule has 3 aromatic rings. The predicted molar refractivity (Wildman–Crippen MR) is 106 cm³/mol. The Morgan fingerprint density at radius 2 is 1.97 bits per heavy atom. The van der Waals surface area contributed by atoms with Gasteiger partial charge in [0.25, 0.3) is 6.43 Å². The Morgan fingerprint density at radius 3 is 2.58 bits per heavy atom. The molecule has 0 fully saturated rings. The highest BCUT2D eigenvalue weighted by Crippen LogP contribution is 2.26. The van der Waals surface area contributed by atoms with Crippen molar-refractivity contribution in [3.05, 3.63) is 42.6 Å². The molecule has 0 saturated carbocycles. The smallest absolute Gasteiger partial charge is 0.336 e. The summed E-state index contributed by atoms with van der Waals surface area (Å²) in [6.07, 6.45) is -1.14. The van der Waals surface area contributed by atoms with Crippen molar-refractivity contribution in [1.82, 2.24) is 25.1 Å². The van der Waals surface area contributed by atoms with E-state index in [1.54, 1.807) is 36.4 Å². The van der Waals surface area contributed by atoms with E-state index in [0.717, 1.165) is 0 Å². The zero-order chi connectivity index (χ0) is 22.2. The second kappa shape index (κ2) is 10.2. The summed E-state index contributed by atoms with van der Waals surface area (Å²) in [5, 5.41) is 6.59. The number of nitrogens with zero attached hydrogens (tertiary/aromatic N) is 4. The van der Waals surface area contributed by atoms with Crippen LogP contribution >= 0.6 is 0 Å². The van der Waals surface area contributed by atoms with Gasteiger partial charge in [-0.3, -0.25) is 0 Å². The highest BCUT2D eigenvalue weighted by Gasteiger charge is 2.17. The fraction of sp³-hybridized carbons (Fsp3) is 0.263. The van der Waals surface area contributed by atoms with E-state index in [-0.39, 0.29) is 19.2 Å². The van der Waals surface area contributed by atoms with Gasteiger partial charge in [-0.1, -0.05) is 0 Å². The number of methoxy groups -OCH3 is 1. The minimum absolute atomic E-state index is 0.191. The van der Waals surface area contributed by atoms with Crippen LogP contribution in [-0.2, 0) is 0 Å². The summed E-state index contributed by atoms with van der Waals surface area (Å²) in [5.41, 5.74) is 6.16. The molecule has 0 aliphatic heterocycles. The molecule has 0 spiro atoms. The van der Waals surface area contributed by atoms with Crippen molar-refractivity contribution in [3.8, 4) is 34.7 Å². The van der Waals surface area contributed by atoms with Gasteiger partial charge in [-0.05, 0) is 30.3 Å². The molecule has 0 aliphatic carbocycles. The zero-order valence-electron chi connectivity index (χ0n) is 16.5. The van der Waals surface area contributed by atoms with Crippen LogP contribution in [0.2, 0.25) is 0 Å². The average Bonchev–Trinajstić information content (AvgIpc) is 3.20. The van der Waals surface area contributed by atoms with Crippen LogP contribution < -0.4 is 25.3 Å². The lowest BCUT2D eigenvalue weighted by Gasteiger charge is -2.08. The molecule has 0 saturated heterocycles. The molecule has 0 aliphatic rings. The number of rotatable bonds is 10. The van der Waals surface area contributed by atoms with Crippen molar-refractivity contribution in [1.29, 1.82) is 0 Å². The maximum atomic E-state index is 12.5. The van der Waals surface area contributed by atoms with Gasteiger partial charge < -0.3 is 25.3 Å². The van der Waals surface area contributed by atoms with Gasteiger partial charge in [-0.25, -0.2) is 23.2 Å². The highest BCUT2D eigenvalue weighted by molar-refractivity contribution is 5.71. The van der Waals surface area contributed by atoms with E-state index in [4.69, 9.17) is 19.9 Å². The Morgan fingerprint density at radius 1 is 1.19 bits per heavy atom. The minimum Gasteiger partial charge on any atom is -0.492 e. The topological polar surface area (TPSA) is 126 Å². The van der Waals surface area contributed by atoms with E-state index < -0.39 is 19.1 Å². The lowest BCUT2D eigenvalue weighted by Crippen LogP contribution is -2.32. The second-order valence-electron chi connectivity index (χ2n) is 6.05. The lowest BCUT2D eigenvalue weighted by molar-refractivity contribution is 0.0771. The first-order valence-corrected chi connectivity index (χ1v) is 9.11. The summed E-state index contributed by atoms with van der Waals surface area (Å²) in [4.78, 5) is 19.0. The predicted octanol–water partition coefficient (Wildman–Crippen LogP) is 2.03. The van der Waals surface area contributed by atoms with E-state index in [0.29, 0.717) is 28.7 Å². The number of nitrogens with two attached hydrogens (primary N) is 1. The molecule has 31 heavy (non-hydrogen) atoms. The van der Waals surface area contributed by atoms with Crippen molar-refractivity contribution in [2.75, 3.05) is 26.9 Å². The number of alkyl halides is 2. The molecule has 0 bridgehead atoms. The average molecular weight is 434 g/mol. The number of ether oxygens (including phenoxy) is 3. The van der Waals surface area contributed by atoms with E-state index >= 15 is 0 Å². The SMILES string of the molecule is COc1ccc(-n2nc(OCC(F)F)nc2-c2ccc(OCCNC(N)=O)cc2)cn1. The summed E-state index contributed by atoms with van der Waals surface area (Å²) in [6.45, 7) is -0.321. The number of pyridine rings is 1. The zero-order valence-corrected chi connectivity index (χ0v) is 16.5. The summed E-state index contributed by atoms with van der Waals surface area (Å²) in [5.74, 6) is 1.33. The van der Waals surface area contributed by atoms with Gasteiger partial charge in [0.15, 0.2) is 12.4 Å². The lowest BCUT2D eigenvalue weighted by atomic mass is 10.2. The van der Waals surface area contributed by atoms with Gasteiger partial charge >= 0.3 is 12.0 Å². The Hall–Kier alpha value is -3.96. The molecular weight excluding hydrogens is 414 g/mol. The maximum Gasteiger partial charge on any atom is 0.336 e. The first kappa shape index (κ1) is 21.7. The molecule has 3 N–H and O–H groups in total. The van der Waals surface area contributed by atoms with E-state index in [9.17, 15) is 13.6 Å². The Bertz CT molecular complexity index is 996. The summed E-state index contributed by atoms with van der Waals surface area (Å²) >= 11 is 0. The Balaban J connectivity index is 1.83. The third kappa shape index (κ3) is 6.01. The molecule has 10 nitrogen and oxygen atoms in total. The second-order valence-corrected chi connectivity index (χ2v) is 6.05. The number of primary amides is 1. The first-order valence-electron chi connectivity index (χ1n) is 9.11. The molecule has 2 aromatic heterocycles. The van der Waals surface area contributed by atoms with E-state index in [2.05, 4.69) is 20.4 Å². The molecule has 164 valence electrons. The monoisotopic (exact) mass is 434 g/mol. The molecule has 2 heterocycles. The van der Waals surface area contributed by atoms with Crippen LogP contribution in [0.1, 0.15) is 0 Å². The van der Waals surface area contributed by atoms with Crippen molar-refractivity contribution in [2.24, 2.45) is 5.73 Å². The van der Waals surface area contributed by atoms with Gasteiger partial charge in [-0.2, -0.15) is 4.98 Å². The quantitative estimate of drug-likeness (QED) is 0.468. The van der Waals surface area contributed by atoms with Gasteiger partial charge in [0.1, 0.15) is 12.4 Å². The van der Waals surface area contributed by atoms with E-state index in [1.807, 2.05) is 0 Å². The molecule has 2 amide bonds. The number of carbonyl (C=O) groups is 1. The summed E-state index contributed by atoms with van der Waals surface area (Å²) in [7, 11) is 1.49. The number of urea groups is 1. The Labute approximate surface area is 176 Å². The highest BCUT2D eigenvalue weighted by atomic mass is 19.3.